The van der Waals surface area contributed by atoms with Gasteiger partial charge in [0.2, 0.25) is 0 Å². The largest absolute Gasteiger partial charge is 0.328 e. The number of benzene rings is 1. The molecule has 1 N–H and O–H groups in total. The van der Waals surface area contributed by atoms with Crippen LogP contribution in [0.1, 0.15) is 30.2 Å². The minimum Gasteiger partial charge on any atom is -0.328 e. The third kappa shape index (κ3) is 4.72. The molecule has 1 amide bonds. The highest BCUT2D eigenvalue weighted by molar-refractivity contribution is 9.11. The van der Waals surface area contributed by atoms with Crippen molar-refractivity contribution in [3.05, 3.63) is 62.4 Å². The summed E-state index contributed by atoms with van der Waals surface area (Å²) in [5.41, 5.74) is 1.40. The first-order valence-corrected chi connectivity index (χ1v) is 10.7. The van der Waals surface area contributed by atoms with E-state index in [-0.39, 0.29) is 16.8 Å². The van der Waals surface area contributed by atoms with Gasteiger partial charge in [-0.1, -0.05) is 37.3 Å². The van der Waals surface area contributed by atoms with Gasteiger partial charge >= 0.3 is 0 Å². The van der Waals surface area contributed by atoms with E-state index in [1.54, 1.807) is 6.08 Å². The van der Waals surface area contributed by atoms with E-state index in [0.29, 0.717) is 18.5 Å². The first kappa shape index (κ1) is 19.9. The zero-order valence-electron chi connectivity index (χ0n) is 14.8. The van der Waals surface area contributed by atoms with E-state index in [1.807, 2.05) is 49.4 Å². The molecule has 140 valence electrons. The van der Waals surface area contributed by atoms with Crippen LogP contribution in [0, 0.1) is 0 Å². The average Bonchev–Trinajstić information content (AvgIpc) is 3.17. The molecule has 1 aromatic carbocycles. The number of thiocarbonyl (C=S) groups is 1. The van der Waals surface area contributed by atoms with Crippen molar-refractivity contribution in [1.82, 2.24) is 10.2 Å². The molecule has 1 fully saturated rings. The fraction of sp³-hybridized carbons (Fsp3) is 0.250. The van der Waals surface area contributed by atoms with Crippen molar-refractivity contribution in [2.75, 3.05) is 0 Å². The Bertz CT molecular complexity index is 892. The summed E-state index contributed by atoms with van der Waals surface area (Å²) in [4.78, 5) is 28.2. The summed E-state index contributed by atoms with van der Waals surface area (Å²) in [5.74, 6) is -0.228. The first-order valence-electron chi connectivity index (χ1n) is 8.67. The number of nitrogens with zero attached hydrogens (tertiary/aromatic N) is 1. The van der Waals surface area contributed by atoms with Gasteiger partial charge in [0, 0.05) is 17.7 Å². The smallest absolute Gasteiger partial charge is 0.277 e. The van der Waals surface area contributed by atoms with Gasteiger partial charge in [-0.25, -0.2) is 0 Å². The van der Waals surface area contributed by atoms with Crippen molar-refractivity contribution < 1.29 is 9.59 Å². The summed E-state index contributed by atoms with van der Waals surface area (Å²) in [6.07, 6.45) is 3.37. The summed E-state index contributed by atoms with van der Waals surface area (Å²) in [7, 11) is 0. The lowest BCUT2D eigenvalue weighted by atomic mass is 9.98. The van der Waals surface area contributed by atoms with E-state index in [9.17, 15) is 9.59 Å². The van der Waals surface area contributed by atoms with Crippen LogP contribution in [0.15, 0.2) is 51.9 Å². The standard InChI is InChI=1S/C20H19BrN2O2S2/c1-2-6-17(24)16(11-13-7-4-3-5-8-13)23-19(25)15(22-20(23)26)12-14-9-10-18(21)27-14/h3-5,7-10,12,16H,2,6,11H2,1H3,(H,22,26)/b15-12+. The van der Waals surface area contributed by atoms with Crippen LogP contribution in [0.3, 0.4) is 0 Å². The Kier molecular flexibility index (Phi) is 6.57. The number of ketones is 1. The van der Waals surface area contributed by atoms with Gasteiger partial charge in [-0.05, 0) is 58.3 Å². The van der Waals surface area contributed by atoms with E-state index in [2.05, 4.69) is 21.2 Å². The number of amides is 1. The fourth-order valence-electron chi connectivity index (χ4n) is 2.98. The monoisotopic (exact) mass is 462 g/mol. The normalized spacial score (nSPS) is 16.7. The van der Waals surface area contributed by atoms with E-state index in [1.165, 1.54) is 16.2 Å². The summed E-state index contributed by atoms with van der Waals surface area (Å²) >= 11 is 10.4. The van der Waals surface area contributed by atoms with Gasteiger partial charge in [0.15, 0.2) is 10.9 Å². The molecule has 3 rings (SSSR count). The second kappa shape index (κ2) is 8.91. The maximum Gasteiger partial charge on any atom is 0.277 e. The van der Waals surface area contributed by atoms with Gasteiger partial charge < -0.3 is 5.32 Å². The van der Waals surface area contributed by atoms with E-state index >= 15 is 0 Å². The van der Waals surface area contributed by atoms with Crippen LogP contribution in [0.2, 0.25) is 0 Å². The molecule has 2 heterocycles. The van der Waals surface area contributed by atoms with Crippen LogP contribution in [-0.2, 0) is 16.0 Å². The zero-order chi connectivity index (χ0) is 19.4. The van der Waals surface area contributed by atoms with Gasteiger partial charge in [0.25, 0.3) is 5.91 Å². The lowest BCUT2D eigenvalue weighted by Gasteiger charge is -2.25. The molecule has 0 spiro atoms. The zero-order valence-corrected chi connectivity index (χ0v) is 18.0. The van der Waals surface area contributed by atoms with Crippen LogP contribution in [0.25, 0.3) is 6.08 Å². The maximum absolute atomic E-state index is 13.0. The fourth-order valence-corrected chi connectivity index (χ4v) is 4.67. The van der Waals surface area contributed by atoms with Gasteiger partial charge in [-0.15, -0.1) is 11.3 Å². The minimum atomic E-state index is -0.596. The first-order chi connectivity index (χ1) is 13.0. The number of thiophene rings is 1. The Morgan fingerprint density at radius 1 is 1.30 bits per heavy atom. The van der Waals surface area contributed by atoms with Crippen LogP contribution in [-0.4, -0.2) is 27.7 Å². The minimum absolute atomic E-state index is 0.0268. The third-order valence-electron chi connectivity index (χ3n) is 4.24. The van der Waals surface area contributed by atoms with Crippen molar-refractivity contribution in [2.45, 2.75) is 32.2 Å². The van der Waals surface area contributed by atoms with Crippen molar-refractivity contribution in [2.24, 2.45) is 0 Å². The predicted molar refractivity (Wildman–Crippen MR) is 116 cm³/mol. The highest BCUT2D eigenvalue weighted by Crippen LogP contribution is 2.26. The number of hydrogen-bond acceptors (Lipinski definition) is 4. The second-order valence-corrected chi connectivity index (χ2v) is 9.11. The Hall–Kier alpha value is -1.83. The molecule has 0 radical (unpaired) electrons. The van der Waals surface area contributed by atoms with Gasteiger partial charge in [-0.2, -0.15) is 0 Å². The molecule has 1 aliphatic heterocycles. The molecule has 27 heavy (non-hydrogen) atoms. The Balaban J connectivity index is 1.89. The van der Waals surface area contributed by atoms with Crippen molar-refractivity contribution in [1.29, 1.82) is 0 Å². The number of halogens is 1. The molecule has 1 saturated heterocycles. The number of rotatable bonds is 7. The SMILES string of the molecule is CCCC(=O)C(Cc1ccccc1)N1C(=O)/C(=C\c2ccc(Br)s2)NC1=S. The molecule has 0 bridgehead atoms. The van der Waals surface area contributed by atoms with Gasteiger partial charge in [0.1, 0.15) is 11.7 Å². The van der Waals surface area contributed by atoms with Gasteiger partial charge in [-0.3, -0.25) is 14.5 Å². The topological polar surface area (TPSA) is 49.4 Å². The van der Waals surface area contributed by atoms with E-state index < -0.39 is 6.04 Å². The molecule has 1 unspecified atom stereocenters. The average molecular weight is 463 g/mol. The molecule has 1 aliphatic rings. The molecule has 1 atom stereocenters. The summed E-state index contributed by atoms with van der Waals surface area (Å²) in [6, 6.07) is 13.0. The highest BCUT2D eigenvalue weighted by atomic mass is 79.9. The molecule has 7 heteroatoms. The summed E-state index contributed by atoms with van der Waals surface area (Å²) < 4.78 is 0.985. The number of nitrogens with one attached hydrogen (secondary N) is 1. The molecule has 2 aromatic rings. The lowest BCUT2D eigenvalue weighted by Crippen LogP contribution is -2.46. The van der Waals surface area contributed by atoms with Crippen LogP contribution in [0.5, 0.6) is 0 Å². The van der Waals surface area contributed by atoms with Crippen molar-refractivity contribution in [3.8, 4) is 0 Å². The van der Waals surface area contributed by atoms with Crippen LogP contribution >= 0.6 is 39.5 Å². The van der Waals surface area contributed by atoms with Crippen LogP contribution in [0.4, 0.5) is 0 Å². The Morgan fingerprint density at radius 2 is 2.04 bits per heavy atom. The quantitative estimate of drug-likeness (QED) is 0.484. The molecular weight excluding hydrogens is 444 g/mol. The maximum atomic E-state index is 13.0. The number of Topliss-reactive ketones (excluding diaryl/α,β-unsaturated/α-hetero) is 1. The summed E-state index contributed by atoms with van der Waals surface area (Å²) in [5, 5.41) is 3.27. The number of carbonyl (C=O) groups is 2. The van der Waals surface area contributed by atoms with E-state index in [0.717, 1.165) is 20.6 Å². The van der Waals surface area contributed by atoms with Gasteiger partial charge in [0.05, 0.1) is 3.79 Å². The molecular formula is C20H19BrN2O2S2. The Labute approximate surface area is 176 Å². The lowest BCUT2D eigenvalue weighted by molar-refractivity contribution is -0.131. The highest BCUT2D eigenvalue weighted by Gasteiger charge is 2.39. The van der Waals surface area contributed by atoms with Crippen molar-refractivity contribution >= 4 is 62.4 Å². The summed E-state index contributed by atoms with van der Waals surface area (Å²) in [6.45, 7) is 1.96. The Morgan fingerprint density at radius 3 is 2.67 bits per heavy atom. The van der Waals surface area contributed by atoms with Crippen LogP contribution < -0.4 is 5.32 Å². The van der Waals surface area contributed by atoms with Crippen molar-refractivity contribution in [3.63, 3.8) is 0 Å². The second-order valence-electron chi connectivity index (χ2n) is 6.23. The third-order valence-corrected chi connectivity index (χ3v) is 6.11. The molecule has 0 saturated carbocycles. The molecule has 1 aromatic heterocycles. The predicted octanol–water partition coefficient (Wildman–Crippen LogP) is 4.55. The number of hydrogen-bond donors (Lipinski definition) is 1. The molecule has 0 aliphatic carbocycles. The molecule has 4 nitrogen and oxygen atoms in total. The number of carbonyl (C=O) groups excluding carboxylic acids is 2. The van der Waals surface area contributed by atoms with E-state index in [4.69, 9.17) is 12.2 Å².